The summed E-state index contributed by atoms with van der Waals surface area (Å²) in [6, 6.07) is 6.61. The first kappa shape index (κ1) is 11.7. The van der Waals surface area contributed by atoms with Gasteiger partial charge in [0, 0.05) is 6.20 Å². The van der Waals surface area contributed by atoms with Gasteiger partial charge in [-0.3, -0.25) is 4.79 Å². The molecule has 1 N–H and O–H groups in total. The van der Waals surface area contributed by atoms with Gasteiger partial charge in [-0.2, -0.15) is 0 Å². The number of amides is 1. The van der Waals surface area contributed by atoms with Crippen LogP contribution in [-0.4, -0.2) is 10.9 Å². The fourth-order valence-corrected chi connectivity index (χ4v) is 1.51. The third-order valence-electron chi connectivity index (χ3n) is 2.31. The van der Waals surface area contributed by atoms with Crippen LogP contribution >= 0.6 is 11.6 Å². The molecule has 0 unspecified atom stereocenters. The molecular weight excluding hydrogens is 240 g/mol. The minimum absolute atomic E-state index is 0.187. The Labute approximate surface area is 104 Å². The van der Waals surface area contributed by atoms with E-state index in [1.807, 2.05) is 13.0 Å². The summed E-state index contributed by atoms with van der Waals surface area (Å²) in [6.45, 7) is 1.85. The number of furan rings is 1. The van der Waals surface area contributed by atoms with Crippen molar-refractivity contribution in [3.8, 4) is 0 Å². The number of aromatic nitrogens is 1. The van der Waals surface area contributed by atoms with Crippen LogP contribution in [0, 0.1) is 0 Å². The zero-order valence-electron chi connectivity index (χ0n) is 9.18. The molecule has 2 aromatic heterocycles. The molecule has 2 rings (SSSR count). The fraction of sp³-hybridized carbons (Fsp3) is 0.167. The maximum Gasteiger partial charge on any atom is 0.253 e. The summed E-state index contributed by atoms with van der Waals surface area (Å²) < 4.78 is 5.20. The highest BCUT2D eigenvalue weighted by atomic mass is 35.5. The highest BCUT2D eigenvalue weighted by Crippen LogP contribution is 2.13. The number of carbonyl (C=O) groups excluding carboxylic acids is 1. The predicted octanol–water partition coefficient (Wildman–Crippen LogP) is 2.82. The Morgan fingerprint density at radius 3 is 2.88 bits per heavy atom. The van der Waals surface area contributed by atoms with Crippen LogP contribution in [0.1, 0.15) is 29.1 Å². The van der Waals surface area contributed by atoms with E-state index < -0.39 is 0 Å². The lowest BCUT2D eigenvalue weighted by Gasteiger charge is -2.11. The quantitative estimate of drug-likeness (QED) is 0.853. The van der Waals surface area contributed by atoms with Gasteiger partial charge in [0.15, 0.2) is 0 Å². The molecule has 0 fully saturated rings. The second-order valence-electron chi connectivity index (χ2n) is 3.58. The largest absolute Gasteiger partial charge is 0.467 e. The Balaban J connectivity index is 2.04. The Kier molecular flexibility index (Phi) is 3.44. The number of halogens is 1. The van der Waals surface area contributed by atoms with Crippen molar-refractivity contribution < 1.29 is 9.21 Å². The number of carbonyl (C=O) groups is 1. The highest BCUT2D eigenvalue weighted by Gasteiger charge is 2.13. The summed E-state index contributed by atoms with van der Waals surface area (Å²) in [5.41, 5.74) is 0.466. The van der Waals surface area contributed by atoms with E-state index in [2.05, 4.69) is 10.3 Å². The summed E-state index contributed by atoms with van der Waals surface area (Å²) in [5.74, 6) is 0.498. The van der Waals surface area contributed by atoms with Crippen LogP contribution in [0.3, 0.4) is 0 Å². The van der Waals surface area contributed by atoms with Crippen molar-refractivity contribution in [3.63, 3.8) is 0 Å². The molecule has 1 amide bonds. The van der Waals surface area contributed by atoms with Crippen LogP contribution in [0.5, 0.6) is 0 Å². The molecule has 88 valence electrons. The van der Waals surface area contributed by atoms with Crippen LogP contribution in [0.2, 0.25) is 5.15 Å². The van der Waals surface area contributed by atoms with Gasteiger partial charge in [0.1, 0.15) is 10.9 Å². The Morgan fingerprint density at radius 2 is 2.29 bits per heavy atom. The van der Waals surface area contributed by atoms with Gasteiger partial charge in [0.25, 0.3) is 5.91 Å². The summed E-state index contributed by atoms with van der Waals surface area (Å²) >= 11 is 5.65. The lowest BCUT2D eigenvalue weighted by atomic mass is 10.2. The van der Waals surface area contributed by atoms with E-state index in [0.717, 1.165) is 0 Å². The normalized spacial score (nSPS) is 12.1. The number of pyridine rings is 1. The third-order valence-corrected chi connectivity index (χ3v) is 2.53. The predicted molar refractivity (Wildman–Crippen MR) is 63.8 cm³/mol. The van der Waals surface area contributed by atoms with Crippen LogP contribution in [0.15, 0.2) is 41.1 Å². The van der Waals surface area contributed by atoms with Crippen molar-refractivity contribution in [1.82, 2.24) is 10.3 Å². The van der Waals surface area contributed by atoms with E-state index in [1.165, 1.54) is 6.20 Å². The molecule has 0 bridgehead atoms. The van der Waals surface area contributed by atoms with Gasteiger partial charge in [-0.1, -0.05) is 11.6 Å². The number of rotatable bonds is 3. The Hall–Kier alpha value is -1.81. The lowest BCUT2D eigenvalue weighted by molar-refractivity contribution is 0.0935. The Bertz CT molecular complexity index is 494. The average molecular weight is 251 g/mol. The highest BCUT2D eigenvalue weighted by molar-refractivity contribution is 6.29. The number of hydrogen-bond acceptors (Lipinski definition) is 3. The molecule has 4 nitrogen and oxygen atoms in total. The van der Waals surface area contributed by atoms with Crippen molar-refractivity contribution in [2.45, 2.75) is 13.0 Å². The monoisotopic (exact) mass is 250 g/mol. The first-order chi connectivity index (χ1) is 8.16. The van der Waals surface area contributed by atoms with E-state index >= 15 is 0 Å². The smallest absolute Gasteiger partial charge is 0.253 e. The third kappa shape index (κ3) is 2.85. The summed E-state index contributed by atoms with van der Waals surface area (Å²) in [6.07, 6.45) is 3.01. The number of hydrogen-bond donors (Lipinski definition) is 1. The number of nitrogens with zero attached hydrogens (tertiary/aromatic N) is 1. The first-order valence-electron chi connectivity index (χ1n) is 5.12. The molecule has 0 saturated heterocycles. The molecule has 0 aromatic carbocycles. The van der Waals surface area contributed by atoms with E-state index in [-0.39, 0.29) is 11.9 Å². The molecule has 0 radical (unpaired) electrons. The molecule has 0 saturated carbocycles. The van der Waals surface area contributed by atoms with Crippen molar-refractivity contribution in [2.75, 3.05) is 0 Å². The first-order valence-corrected chi connectivity index (χ1v) is 5.50. The van der Waals surface area contributed by atoms with Crippen LogP contribution < -0.4 is 5.32 Å². The molecule has 1 atom stereocenters. The van der Waals surface area contributed by atoms with Gasteiger partial charge in [0.05, 0.1) is 17.9 Å². The van der Waals surface area contributed by atoms with Gasteiger partial charge in [-0.05, 0) is 31.2 Å². The summed E-state index contributed by atoms with van der Waals surface area (Å²) in [5, 5.41) is 3.16. The molecule has 5 heteroatoms. The van der Waals surface area contributed by atoms with E-state index in [9.17, 15) is 4.79 Å². The van der Waals surface area contributed by atoms with E-state index in [0.29, 0.717) is 16.5 Å². The zero-order valence-corrected chi connectivity index (χ0v) is 9.94. The second kappa shape index (κ2) is 5.01. The molecule has 0 aliphatic heterocycles. The average Bonchev–Trinajstić information content (AvgIpc) is 2.83. The van der Waals surface area contributed by atoms with Gasteiger partial charge >= 0.3 is 0 Å². The minimum Gasteiger partial charge on any atom is -0.467 e. The summed E-state index contributed by atoms with van der Waals surface area (Å²) in [7, 11) is 0. The van der Waals surface area contributed by atoms with Crippen LogP contribution in [0.25, 0.3) is 0 Å². The molecule has 17 heavy (non-hydrogen) atoms. The molecular formula is C12H11ClN2O2. The standard InChI is InChI=1S/C12H11ClN2O2/c1-8(10-3-2-6-17-10)15-12(16)9-4-5-11(13)14-7-9/h2-8H,1H3,(H,15,16)/t8-/m1/s1. The Morgan fingerprint density at radius 1 is 1.47 bits per heavy atom. The SMILES string of the molecule is C[C@@H](NC(=O)c1ccc(Cl)nc1)c1ccco1. The molecule has 0 aliphatic carbocycles. The number of nitrogens with one attached hydrogen (secondary N) is 1. The molecule has 2 aromatic rings. The lowest BCUT2D eigenvalue weighted by Crippen LogP contribution is -2.26. The van der Waals surface area contributed by atoms with Gasteiger partial charge in [0.2, 0.25) is 0 Å². The van der Waals surface area contributed by atoms with Gasteiger partial charge in [-0.25, -0.2) is 4.98 Å². The molecule has 0 aliphatic rings. The maximum atomic E-state index is 11.8. The van der Waals surface area contributed by atoms with Gasteiger partial charge < -0.3 is 9.73 Å². The fourth-order valence-electron chi connectivity index (χ4n) is 1.40. The van der Waals surface area contributed by atoms with Crippen LogP contribution in [0.4, 0.5) is 0 Å². The van der Waals surface area contributed by atoms with E-state index in [4.69, 9.17) is 16.0 Å². The van der Waals surface area contributed by atoms with Crippen LogP contribution in [-0.2, 0) is 0 Å². The van der Waals surface area contributed by atoms with Gasteiger partial charge in [-0.15, -0.1) is 0 Å². The van der Waals surface area contributed by atoms with Crippen molar-refractivity contribution in [1.29, 1.82) is 0 Å². The molecule has 0 spiro atoms. The second-order valence-corrected chi connectivity index (χ2v) is 3.97. The van der Waals surface area contributed by atoms with Crippen molar-refractivity contribution in [3.05, 3.63) is 53.2 Å². The topological polar surface area (TPSA) is 55.1 Å². The maximum absolute atomic E-state index is 11.8. The van der Waals surface area contributed by atoms with Crippen molar-refractivity contribution >= 4 is 17.5 Å². The summed E-state index contributed by atoms with van der Waals surface area (Å²) in [4.78, 5) is 15.7. The van der Waals surface area contributed by atoms with E-state index in [1.54, 1.807) is 24.5 Å². The zero-order chi connectivity index (χ0) is 12.3. The minimum atomic E-state index is -0.210. The molecule has 2 heterocycles. The van der Waals surface area contributed by atoms with Crippen molar-refractivity contribution in [2.24, 2.45) is 0 Å².